The van der Waals surface area contributed by atoms with Crippen molar-refractivity contribution in [2.24, 2.45) is 0 Å². The summed E-state index contributed by atoms with van der Waals surface area (Å²) in [4.78, 5) is 13.1. The summed E-state index contributed by atoms with van der Waals surface area (Å²) >= 11 is 0. The van der Waals surface area contributed by atoms with Gasteiger partial charge in [-0.2, -0.15) is 0 Å². The Hall–Kier alpha value is -3.51. The first kappa shape index (κ1) is 30.0. The molecule has 0 amide bonds. The SMILES string of the molecule is CC1O[C@@H](OCC2O[C@@H](Oc3cc(O)cc4oc(-c5ccc(O)c(O)c5)cc(=O)c34)C(O)[C@@H](O)[C@@H]2O)[C@@H](O)C(O)[C@H]1O. The number of aromatic hydroxyl groups is 3. The van der Waals surface area contributed by atoms with Crippen molar-refractivity contribution in [1.29, 1.82) is 0 Å². The second-order valence-corrected chi connectivity index (χ2v) is 10.1. The molecule has 2 aliphatic heterocycles. The lowest BCUT2D eigenvalue weighted by Crippen LogP contribution is -2.61. The van der Waals surface area contributed by atoms with Crippen LogP contribution in [-0.4, -0.2) is 114 Å². The largest absolute Gasteiger partial charge is 0.508 e. The molecule has 3 aromatic rings. The fraction of sp³-hybridized carbons (Fsp3) is 0.444. The van der Waals surface area contributed by atoms with Gasteiger partial charge < -0.3 is 69.3 Å². The summed E-state index contributed by atoms with van der Waals surface area (Å²) in [6.45, 7) is 0.910. The Labute approximate surface area is 236 Å². The lowest BCUT2D eigenvalue weighted by atomic mass is 9.98. The van der Waals surface area contributed by atoms with Crippen LogP contribution in [0.2, 0.25) is 0 Å². The van der Waals surface area contributed by atoms with Crippen LogP contribution in [0.5, 0.6) is 23.0 Å². The predicted molar refractivity (Wildman–Crippen MR) is 139 cm³/mol. The Morgan fingerprint density at radius 3 is 2.17 bits per heavy atom. The smallest absolute Gasteiger partial charge is 0.229 e. The monoisotopic (exact) mass is 594 g/mol. The molecule has 0 aliphatic carbocycles. The number of hydrogen-bond acceptors (Lipinski definition) is 15. The van der Waals surface area contributed by atoms with Crippen LogP contribution in [0.3, 0.4) is 0 Å². The molecule has 15 heteroatoms. The van der Waals surface area contributed by atoms with Crippen molar-refractivity contribution in [3.63, 3.8) is 0 Å². The van der Waals surface area contributed by atoms with Crippen molar-refractivity contribution in [2.45, 2.75) is 68.3 Å². The maximum atomic E-state index is 13.1. The average Bonchev–Trinajstić information content (AvgIpc) is 2.94. The number of fused-ring (bicyclic) bond motifs is 1. The fourth-order valence-electron chi connectivity index (χ4n) is 4.77. The maximum absolute atomic E-state index is 13.1. The molecule has 0 saturated carbocycles. The summed E-state index contributed by atoms with van der Waals surface area (Å²) in [6.07, 6.45) is -15.4. The van der Waals surface area contributed by atoms with Crippen LogP contribution < -0.4 is 10.2 Å². The molecule has 228 valence electrons. The minimum Gasteiger partial charge on any atom is -0.508 e. The third-order valence-corrected chi connectivity index (χ3v) is 7.18. The highest BCUT2D eigenvalue weighted by molar-refractivity contribution is 5.86. The Morgan fingerprint density at radius 2 is 1.45 bits per heavy atom. The van der Waals surface area contributed by atoms with Crippen LogP contribution in [0.1, 0.15) is 6.92 Å². The second kappa shape index (κ2) is 11.6. The molecule has 5 rings (SSSR count). The number of phenols is 3. The lowest BCUT2D eigenvalue weighted by Gasteiger charge is -2.42. The minimum absolute atomic E-state index is 0.0110. The van der Waals surface area contributed by atoms with E-state index >= 15 is 0 Å². The molecular weight excluding hydrogens is 564 g/mol. The van der Waals surface area contributed by atoms with Crippen LogP contribution in [0.25, 0.3) is 22.3 Å². The van der Waals surface area contributed by atoms with E-state index in [0.717, 1.165) is 18.2 Å². The van der Waals surface area contributed by atoms with E-state index < -0.39 is 84.9 Å². The van der Waals surface area contributed by atoms with E-state index in [1.54, 1.807) is 0 Å². The minimum atomic E-state index is -1.84. The molecule has 4 unspecified atom stereocenters. The van der Waals surface area contributed by atoms with E-state index in [2.05, 4.69) is 0 Å². The van der Waals surface area contributed by atoms with Gasteiger partial charge in [0.25, 0.3) is 0 Å². The first-order valence-corrected chi connectivity index (χ1v) is 12.9. The molecule has 2 aliphatic rings. The molecule has 9 N–H and O–H groups in total. The van der Waals surface area contributed by atoms with Gasteiger partial charge >= 0.3 is 0 Å². The van der Waals surface area contributed by atoms with Crippen molar-refractivity contribution < 1.29 is 69.3 Å². The molecule has 42 heavy (non-hydrogen) atoms. The topological polar surface area (TPSA) is 249 Å². The molecule has 2 aromatic carbocycles. The van der Waals surface area contributed by atoms with Crippen molar-refractivity contribution in [3.8, 4) is 34.3 Å². The number of phenolic OH excluding ortho intramolecular Hbond substituents is 3. The molecule has 0 spiro atoms. The standard InChI is InChI=1S/C27H30O15/c1-9-20(32)22(34)24(36)26(39-9)38-8-18-21(33)23(35)25(37)27(42-18)41-17-6-11(28)5-16-19(17)14(31)7-15(40-16)10-2-3-12(29)13(30)4-10/h2-7,9,18,20-30,32-37H,8H2,1H3/t9?,18?,20-,21+,22?,23-,24-,25?,26+,27+/m0/s1. The zero-order valence-corrected chi connectivity index (χ0v) is 21.9. The Kier molecular flexibility index (Phi) is 8.30. The van der Waals surface area contributed by atoms with Gasteiger partial charge in [-0.15, -0.1) is 0 Å². The average molecular weight is 595 g/mol. The highest BCUT2D eigenvalue weighted by Crippen LogP contribution is 2.36. The zero-order valence-electron chi connectivity index (χ0n) is 21.9. The normalized spacial score (nSPS) is 33.5. The van der Waals surface area contributed by atoms with E-state index in [1.165, 1.54) is 25.1 Å². The van der Waals surface area contributed by atoms with Gasteiger partial charge in [0.15, 0.2) is 23.2 Å². The molecule has 15 nitrogen and oxygen atoms in total. The highest BCUT2D eigenvalue weighted by Gasteiger charge is 2.47. The van der Waals surface area contributed by atoms with Crippen molar-refractivity contribution in [2.75, 3.05) is 6.61 Å². The summed E-state index contributed by atoms with van der Waals surface area (Å²) in [5, 5.41) is 91.0. The van der Waals surface area contributed by atoms with Crippen molar-refractivity contribution in [3.05, 3.63) is 46.6 Å². The number of aliphatic hydroxyl groups is 6. The maximum Gasteiger partial charge on any atom is 0.229 e. The van der Waals surface area contributed by atoms with Gasteiger partial charge in [0.2, 0.25) is 6.29 Å². The Balaban J connectivity index is 1.39. The molecule has 10 atom stereocenters. The lowest BCUT2D eigenvalue weighted by molar-refractivity contribution is -0.318. The van der Waals surface area contributed by atoms with E-state index in [-0.39, 0.29) is 33.8 Å². The third-order valence-electron chi connectivity index (χ3n) is 7.18. The highest BCUT2D eigenvalue weighted by atomic mass is 16.7. The summed E-state index contributed by atoms with van der Waals surface area (Å²) in [7, 11) is 0. The number of aliphatic hydroxyl groups excluding tert-OH is 6. The van der Waals surface area contributed by atoms with Gasteiger partial charge in [-0.1, -0.05) is 0 Å². The van der Waals surface area contributed by atoms with Gasteiger partial charge in [0, 0.05) is 23.8 Å². The third kappa shape index (κ3) is 5.61. The van der Waals surface area contributed by atoms with E-state index in [4.69, 9.17) is 23.4 Å². The van der Waals surface area contributed by atoms with Gasteiger partial charge in [0.05, 0.1) is 12.7 Å². The van der Waals surface area contributed by atoms with Crippen molar-refractivity contribution in [1.82, 2.24) is 0 Å². The quantitative estimate of drug-likeness (QED) is 0.149. The fourth-order valence-corrected chi connectivity index (χ4v) is 4.77. The van der Waals surface area contributed by atoms with E-state index in [0.29, 0.717) is 0 Å². The van der Waals surface area contributed by atoms with Crippen LogP contribution in [-0.2, 0) is 14.2 Å². The molecule has 0 bridgehead atoms. The summed E-state index contributed by atoms with van der Waals surface area (Å²) in [6, 6.07) is 7.00. The van der Waals surface area contributed by atoms with Crippen LogP contribution >= 0.6 is 0 Å². The molecule has 2 saturated heterocycles. The molecular formula is C27H30O15. The summed E-state index contributed by atoms with van der Waals surface area (Å²) in [5.74, 6) is -1.56. The van der Waals surface area contributed by atoms with Gasteiger partial charge in [-0.25, -0.2) is 0 Å². The van der Waals surface area contributed by atoms with Crippen LogP contribution in [0, 0.1) is 0 Å². The number of hydrogen-bond donors (Lipinski definition) is 9. The van der Waals surface area contributed by atoms with E-state index in [9.17, 15) is 50.8 Å². The number of benzene rings is 2. The van der Waals surface area contributed by atoms with Gasteiger partial charge in [-0.05, 0) is 25.1 Å². The van der Waals surface area contributed by atoms with E-state index in [1.807, 2.05) is 0 Å². The zero-order chi connectivity index (χ0) is 30.5. The Bertz CT molecular complexity index is 1490. The second-order valence-electron chi connectivity index (χ2n) is 10.1. The molecule has 1 aromatic heterocycles. The van der Waals surface area contributed by atoms with Crippen LogP contribution in [0.15, 0.2) is 45.6 Å². The van der Waals surface area contributed by atoms with Crippen molar-refractivity contribution >= 4 is 11.0 Å². The number of ether oxygens (including phenoxy) is 4. The Morgan fingerprint density at radius 1 is 0.762 bits per heavy atom. The van der Waals surface area contributed by atoms with Gasteiger partial charge in [0.1, 0.15) is 71.0 Å². The van der Waals surface area contributed by atoms with Crippen LogP contribution in [0.4, 0.5) is 0 Å². The first-order chi connectivity index (χ1) is 19.8. The molecule has 3 heterocycles. The van der Waals surface area contributed by atoms with Gasteiger partial charge in [-0.3, -0.25) is 4.79 Å². The predicted octanol–water partition coefficient (Wildman–Crippen LogP) is -1.39. The summed E-state index contributed by atoms with van der Waals surface area (Å²) in [5.41, 5.74) is -0.563. The molecule has 2 fully saturated rings. The number of rotatable bonds is 6. The molecule has 0 radical (unpaired) electrons. The first-order valence-electron chi connectivity index (χ1n) is 12.9. The summed E-state index contributed by atoms with van der Waals surface area (Å²) < 4.78 is 27.8.